The molecule has 2 atom stereocenters. The van der Waals surface area contributed by atoms with Crippen LogP contribution in [-0.2, 0) is 28.3 Å². The molecule has 9 nitrogen and oxygen atoms in total. The molecule has 3 aliphatic rings. The Balaban J connectivity index is 1.67. The summed E-state index contributed by atoms with van der Waals surface area (Å²) in [6.45, 7) is 3.85. The summed E-state index contributed by atoms with van der Waals surface area (Å²) in [4.78, 5) is 30.6. The van der Waals surface area contributed by atoms with E-state index >= 15 is 0 Å². The zero-order valence-corrected chi connectivity index (χ0v) is 17.6. The molecule has 6 rings (SSSR count). The number of nitrogens with two attached hydrogens (primary N) is 1. The van der Waals surface area contributed by atoms with E-state index < -0.39 is 11.6 Å². The van der Waals surface area contributed by atoms with Crippen LogP contribution in [0.1, 0.15) is 48.6 Å². The highest BCUT2D eigenvalue weighted by Gasteiger charge is 2.45. The van der Waals surface area contributed by atoms with Gasteiger partial charge in [-0.2, -0.15) is 0 Å². The second-order valence-corrected chi connectivity index (χ2v) is 8.47. The minimum Gasteiger partial charge on any atom is -0.458 e. The number of esters is 1. The van der Waals surface area contributed by atoms with Crippen LogP contribution in [0.5, 0.6) is 11.5 Å². The summed E-state index contributed by atoms with van der Waals surface area (Å²) in [7, 11) is 0. The van der Waals surface area contributed by atoms with Crippen LogP contribution in [0.15, 0.2) is 23.0 Å². The normalized spacial score (nSPS) is 21.2. The molecule has 1 aromatic carbocycles. The van der Waals surface area contributed by atoms with E-state index in [1.54, 1.807) is 17.6 Å². The molecule has 0 spiro atoms. The van der Waals surface area contributed by atoms with Gasteiger partial charge >= 0.3 is 5.97 Å². The van der Waals surface area contributed by atoms with E-state index in [1.807, 2.05) is 19.1 Å². The lowest BCUT2D eigenvalue weighted by molar-refractivity contribution is -0.172. The van der Waals surface area contributed by atoms with Crippen molar-refractivity contribution < 1.29 is 24.1 Å². The van der Waals surface area contributed by atoms with Gasteiger partial charge in [-0.15, -0.1) is 0 Å². The van der Waals surface area contributed by atoms with Gasteiger partial charge in [0.25, 0.3) is 5.56 Å². The van der Waals surface area contributed by atoms with Gasteiger partial charge in [0.05, 0.1) is 29.0 Å². The van der Waals surface area contributed by atoms with Gasteiger partial charge in [-0.25, -0.2) is 9.78 Å². The van der Waals surface area contributed by atoms with E-state index in [0.717, 1.165) is 16.5 Å². The zero-order valence-electron chi connectivity index (χ0n) is 17.6. The van der Waals surface area contributed by atoms with Gasteiger partial charge in [0.2, 0.25) is 6.79 Å². The van der Waals surface area contributed by atoms with E-state index in [1.165, 1.54) is 0 Å². The van der Waals surface area contributed by atoms with E-state index in [0.29, 0.717) is 34.9 Å². The second kappa shape index (κ2) is 6.30. The fraction of sp³-hybridized carbons (Fsp3) is 0.348. The number of ether oxygens (including phenoxy) is 3. The highest BCUT2D eigenvalue weighted by atomic mass is 16.7. The number of cyclic esters (lactones) is 1. The van der Waals surface area contributed by atoms with Crippen molar-refractivity contribution in [2.45, 2.75) is 45.1 Å². The molecule has 0 aliphatic carbocycles. The molecular formula is C23H21N3O6. The van der Waals surface area contributed by atoms with Crippen LogP contribution in [0.4, 0.5) is 0 Å². The Labute approximate surface area is 182 Å². The first-order valence-electron chi connectivity index (χ1n) is 10.5. The molecule has 0 saturated heterocycles. The summed E-state index contributed by atoms with van der Waals surface area (Å²) in [5.41, 5.74) is 8.35. The van der Waals surface area contributed by atoms with E-state index in [-0.39, 0.29) is 42.5 Å². The average molecular weight is 435 g/mol. The lowest BCUT2D eigenvalue weighted by Crippen LogP contribution is -2.44. The van der Waals surface area contributed by atoms with Crippen LogP contribution in [0, 0.1) is 0 Å². The molecule has 0 fully saturated rings. The summed E-state index contributed by atoms with van der Waals surface area (Å²) < 4.78 is 17.8. The Bertz CT molecular complexity index is 1410. The molecule has 0 unspecified atom stereocenters. The molecule has 5 heterocycles. The van der Waals surface area contributed by atoms with Crippen molar-refractivity contribution in [1.82, 2.24) is 9.55 Å². The number of carbonyl (C=O) groups excluding carboxylic acids is 1. The molecule has 0 amide bonds. The van der Waals surface area contributed by atoms with Crippen LogP contribution in [0.2, 0.25) is 0 Å². The lowest BCUT2D eigenvalue weighted by Gasteiger charge is -2.31. The minimum atomic E-state index is -1.86. The summed E-state index contributed by atoms with van der Waals surface area (Å²) in [6, 6.07) is 5.06. The Morgan fingerprint density at radius 1 is 1.19 bits per heavy atom. The first kappa shape index (κ1) is 19.3. The van der Waals surface area contributed by atoms with Crippen molar-refractivity contribution in [3.63, 3.8) is 0 Å². The Kier molecular flexibility index (Phi) is 3.80. The number of pyridine rings is 2. The van der Waals surface area contributed by atoms with Crippen molar-refractivity contribution in [3.05, 3.63) is 50.8 Å². The van der Waals surface area contributed by atoms with Crippen LogP contribution in [0.25, 0.3) is 22.3 Å². The van der Waals surface area contributed by atoms with Gasteiger partial charge in [-0.05, 0) is 31.0 Å². The first-order chi connectivity index (χ1) is 15.3. The smallest absolute Gasteiger partial charge is 0.343 e. The van der Waals surface area contributed by atoms with Crippen molar-refractivity contribution >= 4 is 16.9 Å². The molecule has 0 bridgehead atoms. The maximum atomic E-state index is 13.4. The molecule has 3 N–H and O–H groups in total. The third-order valence-corrected chi connectivity index (χ3v) is 6.68. The quantitative estimate of drug-likeness (QED) is 0.457. The Morgan fingerprint density at radius 2 is 1.94 bits per heavy atom. The summed E-state index contributed by atoms with van der Waals surface area (Å²) >= 11 is 0. The van der Waals surface area contributed by atoms with Gasteiger partial charge < -0.3 is 29.6 Å². The number of carbonyl (C=O) groups is 1. The summed E-state index contributed by atoms with van der Waals surface area (Å²) in [5.74, 6) is 0.489. The molecule has 3 aliphatic heterocycles. The van der Waals surface area contributed by atoms with Gasteiger partial charge in [0.15, 0.2) is 17.1 Å². The largest absolute Gasteiger partial charge is 0.458 e. The maximum absolute atomic E-state index is 13.4. The number of aromatic nitrogens is 2. The Morgan fingerprint density at radius 3 is 2.66 bits per heavy atom. The number of hydrogen-bond donors (Lipinski definition) is 2. The molecule has 0 saturated carbocycles. The van der Waals surface area contributed by atoms with E-state index in [9.17, 15) is 14.7 Å². The predicted octanol–water partition coefficient (Wildman–Crippen LogP) is 1.83. The van der Waals surface area contributed by atoms with Crippen LogP contribution >= 0.6 is 0 Å². The maximum Gasteiger partial charge on any atom is 0.343 e. The number of aliphatic hydroxyl groups is 1. The van der Waals surface area contributed by atoms with Gasteiger partial charge in [0.1, 0.15) is 6.61 Å². The molecule has 164 valence electrons. The van der Waals surface area contributed by atoms with Gasteiger partial charge in [0, 0.05) is 28.6 Å². The zero-order chi connectivity index (χ0) is 22.4. The fourth-order valence-electron chi connectivity index (χ4n) is 5.02. The van der Waals surface area contributed by atoms with Crippen molar-refractivity contribution in [1.29, 1.82) is 0 Å². The molecule has 32 heavy (non-hydrogen) atoms. The van der Waals surface area contributed by atoms with E-state index in [2.05, 4.69) is 0 Å². The number of hydrogen-bond acceptors (Lipinski definition) is 8. The third-order valence-electron chi connectivity index (χ3n) is 6.68. The first-order valence-corrected chi connectivity index (χ1v) is 10.5. The van der Waals surface area contributed by atoms with E-state index in [4.69, 9.17) is 24.9 Å². The standard InChI is InChI=1S/C23H21N3O6/c1-3-23(29)14-5-16-20-12(7-26(16)21(27)13(14)8-30-22(23)28)19(10(2)24)11-4-17-18(32-9-31-17)6-15(11)25-20/h4-6,10,29H,3,7-9,24H2,1-2H3/t10-,23-/m0/s1. The molecule has 3 aromatic rings. The highest BCUT2D eigenvalue weighted by molar-refractivity contribution is 5.91. The minimum absolute atomic E-state index is 0.0916. The van der Waals surface area contributed by atoms with Crippen molar-refractivity contribution in [3.8, 4) is 22.9 Å². The molecular weight excluding hydrogens is 414 g/mol. The SMILES string of the molecule is CC[C@@]1(O)C(=O)OCc2c1cc1n(c2=O)Cc2c-1nc1cc3c(cc1c2[C@H](C)N)OCO3. The fourth-order valence-corrected chi connectivity index (χ4v) is 5.02. The van der Waals surface area contributed by atoms with Gasteiger partial charge in [-0.1, -0.05) is 6.92 Å². The van der Waals surface area contributed by atoms with Crippen LogP contribution in [-0.4, -0.2) is 27.4 Å². The van der Waals surface area contributed by atoms with Crippen molar-refractivity contribution in [2.24, 2.45) is 5.73 Å². The summed E-state index contributed by atoms with van der Waals surface area (Å²) in [6.07, 6.45) is 0.0916. The highest BCUT2D eigenvalue weighted by Crippen LogP contribution is 2.44. The second-order valence-electron chi connectivity index (χ2n) is 8.47. The predicted molar refractivity (Wildman–Crippen MR) is 113 cm³/mol. The number of benzene rings is 1. The topological polar surface area (TPSA) is 126 Å². The number of nitrogens with zero attached hydrogens (tertiary/aromatic N) is 2. The number of fused-ring (bicyclic) bond motifs is 6. The molecule has 0 radical (unpaired) electrons. The summed E-state index contributed by atoms with van der Waals surface area (Å²) in [5, 5.41) is 11.9. The lowest BCUT2D eigenvalue weighted by atomic mass is 9.86. The van der Waals surface area contributed by atoms with Crippen LogP contribution < -0.4 is 20.8 Å². The molecule has 9 heteroatoms. The number of rotatable bonds is 2. The van der Waals surface area contributed by atoms with Gasteiger partial charge in [-0.3, -0.25) is 4.79 Å². The Hall–Kier alpha value is -3.43. The van der Waals surface area contributed by atoms with Crippen molar-refractivity contribution in [2.75, 3.05) is 6.79 Å². The van der Waals surface area contributed by atoms with Crippen LogP contribution in [0.3, 0.4) is 0 Å². The average Bonchev–Trinajstić information content (AvgIpc) is 3.37. The monoisotopic (exact) mass is 435 g/mol. The molecule has 2 aromatic heterocycles. The third kappa shape index (κ3) is 2.32.